The number of phenols is 1. The number of aromatic nitrogens is 1. The molecular formula is C14H11NO3S. The molecule has 0 radical (unpaired) electrons. The molecule has 1 aromatic heterocycles. The monoisotopic (exact) mass is 273 g/mol. The molecule has 0 amide bonds. The van der Waals surface area contributed by atoms with Gasteiger partial charge in [0, 0.05) is 0 Å². The second-order valence-electron chi connectivity index (χ2n) is 4.04. The summed E-state index contributed by atoms with van der Waals surface area (Å²) in [6.45, 7) is 0. The molecule has 2 aromatic carbocycles. The summed E-state index contributed by atoms with van der Waals surface area (Å²) < 4.78 is 7.41. The minimum atomic E-state index is -0.205. The Bertz CT molecular complexity index is 787. The van der Waals surface area contributed by atoms with Gasteiger partial charge >= 0.3 is 0 Å². The van der Waals surface area contributed by atoms with Crippen LogP contribution in [-0.4, -0.2) is 16.2 Å². The van der Waals surface area contributed by atoms with Crippen molar-refractivity contribution in [1.82, 2.24) is 3.96 Å². The Balaban J connectivity index is 2.22. The molecule has 1 N–H and O–H groups in total. The number of hydrogen-bond donors (Lipinski definition) is 1. The van der Waals surface area contributed by atoms with Crippen LogP contribution < -0.4 is 10.3 Å². The van der Waals surface area contributed by atoms with Gasteiger partial charge in [-0.15, -0.1) is 0 Å². The Morgan fingerprint density at radius 3 is 2.53 bits per heavy atom. The largest absolute Gasteiger partial charge is 0.507 e. The number of methoxy groups -OCH3 is 1. The zero-order valence-corrected chi connectivity index (χ0v) is 11.0. The number of aromatic hydroxyl groups is 1. The van der Waals surface area contributed by atoms with E-state index in [0.29, 0.717) is 5.39 Å². The summed E-state index contributed by atoms with van der Waals surface area (Å²) in [5, 5.41) is 10.1. The highest BCUT2D eigenvalue weighted by Crippen LogP contribution is 2.27. The molecule has 0 aliphatic rings. The van der Waals surface area contributed by atoms with Gasteiger partial charge in [0.2, 0.25) is 0 Å². The number of benzene rings is 2. The Morgan fingerprint density at radius 1 is 1.16 bits per heavy atom. The maximum Gasteiger partial charge on any atom is 0.276 e. The van der Waals surface area contributed by atoms with Crippen LogP contribution in [0.15, 0.2) is 47.3 Å². The van der Waals surface area contributed by atoms with E-state index in [4.69, 9.17) is 4.74 Å². The number of ether oxygens (including phenoxy) is 1. The Labute approximate surface area is 113 Å². The molecule has 4 nitrogen and oxygen atoms in total. The van der Waals surface area contributed by atoms with Crippen LogP contribution in [-0.2, 0) is 0 Å². The van der Waals surface area contributed by atoms with E-state index in [-0.39, 0.29) is 11.3 Å². The van der Waals surface area contributed by atoms with Crippen molar-refractivity contribution in [2.75, 3.05) is 7.11 Å². The summed E-state index contributed by atoms with van der Waals surface area (Å²) >= 11 is 1.31. The summed E-state index contributed by atoms with van der Waals surface area (Å²) in [6.07, 6.45) is 0. The van der Waals surface area contributed by atoms with E-state index in [1.165, 1.54) is 17.6 Å². The van der Waals surface area contributed by atoms with E-state index in [0.717, 1.165) is 16.1 Å². The first-order chi connectivity index (χ1) is 9.20. The number of hydrogen-bond acceptors (Lipinski definition) is 4. The predicted molar refractivity (Wildman–Crippen MR) is 75.6 cm³/mol. The van der Waals surface area contributed by atoms with Gasteiger partial charge < -0.3 is 9.84 Å². The lowest BCUT2D eigenvalue weighted by Gasteiger charge is -2.02. The summed E-state index contributed by atoms with van der Waals surface area (Å²) in [5.74, 6) is 0.756. The summed E-state index contributed by atoms with van der Waals surface area (Å²) in [4.78, 5) is 12.3. The third-order valence-electron chi connectivity index (χ3n) is 2.90. The van der Waals surface area contributed by atoms with Crippen LogP contribution in [0.5, 0.6) is 11.5 Å². The van der Waals surface area contributed by atoms with Gasteiger partial charge in [0.25, 0.3) is 5.56 Å². The average Bonchev–Trinajstić information content (AvgIpc) is 2.78. The van der Waals surface area contributed by atoms with Crippen LogP contribution in [0.2, 0.25) is 0 Å². The number of rotatable bonds is 2. The first-order valence-corrected chi connectivity index (χ1v) is 6.46. The molecule has 3 aromatic rings. The zero-order valence-electron chi connectivity index (χ0n) is 10.2. The van der Waals surface area contributed by atoms with E-state index in [1.54, 1.807) is 29.3 Å². The maximum atomic E-state index is 12.3. The lowest BCUT2D eigenvalue weighted by atomic mass is 10.2. The Hall–Kier alpha value is -2.27. The Kier molecular flexibility index (Phi) is 2.76. The number of fused-ring (bicyclic) bond motifs is 1. The van der Waals surface area contributed by atoms with Crippen molar-refractivity contribution in [3.8, 4) is 17.2 Å². The predicted octanol–water partition coefficient (Wildman–Crippen LogP) is 2.77. The van der Waals surface area contributed by atoms with Crippen molar-refractivity contribution < 1.29 is 9.84 Å². The fourth-order valence-corrected chi connectivity index (χ4v) is 2.96. The van der Waals surface area contributed by atoms with Crippen molar-refractivity contribution in [1.29, 1.82) is 0 Å². The third kappa shape index (κ3) is 1.88. The van der Waals surface area contributed by atoms with Gasteiger partial charge in [-0.3, -0.25) is 4.79 Å². The molecule has 19 heavy (non-hydrogen) atoms. The van der Waals surface area contributed by atoms with E-state index in [9.17, 15) is 9.90 Å². The van der Waals surface area contributed by atoms with Gasteiger partial charge in [0.05, 0.1) is 17.5 Å². The van der Waals surface area contributed by atoms with Crippen molar-refractivity contribution in [3.63, 3.8) is 0 Å². The van der Waals surface area contributed by atoms with Crippen molar-refractivity contribution in [3.05, 3.63) is 52.8 Å². The average molecular weight is 273 g/mol. The van der Waals surface area contributed by atoms with Crippen LogP contribution >= 0.6 is 11.5 Å². The summed E-state index contributed by atoms with van der Waals surface area (Å²) in [6, 6.07) is 12.3. The minimum Gasteiger partial charge on any atom is -0.507 e. The third-order valence-corrected chi connectivity index (χ3v) is 4.00. The second-order valence-corrected chi connectivity index (χ2v) is 5.03. The van der Waals surface area contributed by atoms with Crippen LogP contribution in [0.1, 0.15) is 0 Å². The summed E-state index contributed by atoms with van der Waals surface area (Å²) in [5.41, 5.74) is 0.551. The van der Waals surface area contributed by atoms with Crippen LogP contribution in [0.4, 0.5) is 0 Å². The molecule has 0 unspecified atom stereocenters. The highest BCUT2D eigenvalue weighted by Gasteiger charge is 2.12. The van der Waals surface area contributed by atoms with Gasteiger partial charge in [-0.2, -0.15) is 0 Å². The van der Waals surface area contributed by atoms with Crippen LogP contribution in [0.3, 0.4) is 0 Å². The molecular weight excluding hydrogens is 262 g/mol. The van der Waals surface area contributed by atoms with Crippen molar-refractivity contribution in [2.24, 2.45) is 0 Å². The van der Waals surface area contributed by atoms with Crippen LogP contribution in [0.25, 0.3) is 15.8 Å². The smallest absolute Gasteiger partial charge is 0.276 e. The highest BCUT2D eigenvalue weighted by atomic mass is 32.1. The lowest BCUT2D eigenvalue weighted by Crippen LogP contribution is -2.10. The molecule has 0 saturated heterocycles. The molecule has 0 bridgehead atoms. The van der Waals surface area contributed by atoms with Gasteiger partial charge in [-0.1, -0.05) is 17.6 Å². The topological polar surface area (TPSA) is 51.5 Å². The first-order valence-electron chi connectivity index (χ1n) is 5.69. The normalized spacial score (nSPS) is 10.8. The van der Waals surface area contributed by atoms with Crippen LogP contribution in [0, 0.1) is 0 Å². The van der Waals surface area contributed by atoms with E-state index in [1.807, 2.05) is 18.2 Å². The first kappa shape index (κ1) is 11.8. The molecule has 0 atom stereocenters. The molecule has 0 aliphatic carbocycles. The molecule has 1 heterocycles. The van der Waals surface area contributed by atoms with E-state index in [2.05, 4.69) is 0 Å². The highest BCUT2D eigenvalue weighted by molar-refractivity contribution is 7.14. The summed E-state index contributed by atoms with van der Waals surface area (Å²) in [7, 11) is 1.60. The number of nitrogens with zero attached hydrogens (tertiary/aromatic N) is 1. The van der Waals surface area contributed by atoms with Crippen molar-refractivity contribution >= 4 is 21.6 Å². The zero-order chi connectivity index (χ0) is 13.4. The molecule has 0 fully saturated rings. The SMILES string of the molecule is COc1ccc(-n2sc3cccc(O)c3c2=O)cc1. The Morgan fingerprint density at radius 2 is 1.89 bits per heavy atom. The molecule has 5 heteroatoms. The fraction of sp³-hybridized carbons (Fsp3) is 0.0714. The van der Waals surface area contributed by atoms with Crippen molar-refractivity contribution in [2.45, 2.75) is 0 Å². The minimum absolute atomic E-state index is 0.0195. The fourth-order valence-electron chi connectivity index (χ4n) is 1.94. The molecule has 0 aliphatic heterocycles. The van der Waals surface area contributed by atoms with E-state index >= 15 is 0 Å². The quantitative estimate of drug-likeness (QED) is 0.781. The standard InChI is InChI=1S/C14H11NO3S/c1-18-10-7-5-9(6-8-10)15-14(17)13-11(16)3-2-4-12(13)19-15/h2-8,16H,1H3. The van der Waals surface area contributed by atoms with Gasteiger partial charge in [0.1, 0.15) is 16.9 Å². The van der Waals surface area contributed by atoms with Gasteiger partial charge in [-0.25, -0.2) is 3.96 Å². The van der Waals surface area contributed by atoms with Gasteiger partial charge in [-0.05, 0) is 36.4 Å². The number of phenolic OH excluding ortho intramolecular Hbond substituents is 1. The second kappa shape index (κ2) is 4.44. The molecule has 96 valence electrons. The molecule has 3 rings (SSSR count). The van der Waals surface area contributed by atoms with Gasteiger partial charge in [0.15, 0.2) is 0 Å². The molecule has 0 saturated carbocycles. The maximum absolute atomic E-state index is 12.3. The molecule has 0 spiro atoms. The van der Waals surface area contributed by atoms with E-state index < -0.39 is 0 Å². The lowest BCUT2D eigenvalue weighted by molar-refractivity contribution is 0.415.